The van der Waals surface area contributed by atoms with Crippen molar-refractivity contribution in [3.8, 4) is 5.75 Å². The summed E-state index contributed by atoms with van der Waals surface area (Å²) in [5.74, 6) is -0.529. The lowest BCUT2D eigenvalue weighted by Gasteiger charge is -2.25. The lowest BCUT2D eigenvalue weighted by atomic mass is 10.1. The maximum atomic E-state index is 13.3. The fraction of sp³-hybridized carbons (Fsp3) is 0.278. The number of primary amides is 1. The molecule has 2 N–H and O–H groups in total. The van der Waals surface area contributed by atoms with Crippen LogP contribution in [0, 0.1) is 20.8 Å². The molecule has 0 aromatic heterocycles. The molecule has 134 valence electrons. The first kappa shape index (κ1) is 18.8. The second-order valence-corrected chi connectivity index (χ2v) is 7.81. The predicted molar refractivity (Wildman–Crippen MR) is 97.4 cm³/mol. The number of carbonyl (C=O) groups is 1. The van der Waals surface area contributed by atoms with Gasteiger partial charge in [0.05, 0.1) is 12.8 Å². The highest BCUT2D eigenvalue weighted by Crippen LogP contribution is 2.31. The van der Waals surface area contributed by atoms with Crippen LogP contribution in [0.2, 0.25) is 0 Å². The first-order chi connectivity index (χ1) is 11.6. The van der Waals surface area contributed by atoms with E-state index < -0.39 is 22.5 Å². The summed E-state index contributed by atoms with van der Waals surface area (Å²) in [4.78, 5) is 11.5. The summed E-state index contributed by atoms with van der Waals surface area (Å²) in [7, 11) is -2.64. The SMILES string of the molecule is COc1ccc(C)cc1S(=O)(=O)N(CC(N)=O)c1cc(C)cc(C)c1. The topological polar surface area (TPSA) is 89.7 Å². The van der Waals surface area contributed by atoms with Gasteiger partial charge in [-0.15, -0.1) is 0 Å². The Bertz CT molecular complexity index is 887. The van der Waals surface area contributed by atoms with Crippen molar-refractivity contribution in [1.29, 1.82) is 0 Å². The lowest BCUT2D eigenvalue weighted by Crippen LogP contribution is -2.38. The van der Waals surface area contributed by atoms with Gasteiger partial charge in [0.25, 0.3) is 10.0 Å². The number of carbonyl (C=O) groups excluding carboxylic acids is 1. The molecule has 0 spiro atoms. The van der Waals surface area contributed by atoms with Crippen LogP contribution in [0.1, 0.15) is 16.7 Å². The van der Waals surface area contributed by atoms with Crippen LogP contribution in [0.25, 0.3) is 0 Å². The molecular weight excluding hydrogens is 340 g/mol. The Morgan fingerprint density at radius 1 is 1.04 bits per heavy atom. The fourth-order valence-electron chi connectivity index (χ4n) is 2.66. The van der Waals surface area contributed by atoms with E-state index in [4.69, 9.17) is 10.5 Å². The molecule has 0 heterocycles. The van der Waals surface area contributed by atoms with Crippen molar-refractivity contribution in [2.75, 3.05) is 18.0 Å². The van der Waals surface area contributed by atoms with Gasteiger partial charge >= 0.3 is 0 Å². The molecule has 0 aliphatic heterocycles. The van der Waals surface area contributed by atoms with Crippen LogP contribution in [0.3, 0.4) is 0 Å². The van der Waals surface area contributed by atoms with E-state index in [0.717, 1.165) is 21.0 Å². The zero-order chi connectivity index (χ0) is 18.8. The van der Waals surface area contributed by atoms with Crippen LogP contribution in [0.4, 0.5) is 5.69 Å². The number of amides is 1. The monoisotopic (exact) mass is 362 g/mol. The molecule has 6 nitrogen and oxygen atoms in total. The summed E-state index contributed by atoms with van der Waals surface area (Å²) >= 11 is 0. The number of benzene rings is 2. The van der Waals surface area contributed by atoms with E-state index in [-0.39, 0.29) is 10.6 Å². The van der Waals surface area contributed by atoms with Crippen LogP contribution in [0.5, 0.6) is 5.75 Å². The van der Waals surface area contributed by atoms with Crippen LogP contribution >= 0.6 is 0 Å². The molecule has 0 bridgehead atoms. The number of nitrogens with two attached hydrogens (primary N) is 1. The summed E-state index contributed by atoms with van der Waals surface area (Å²) in [5.41, 5.74) is 8.23. The van der Waals surface area contributed by atoms with Crippen molar-refractivity contribution >= 4 is 21.6 Å². The Balaban J connectivity index is 2.68. The normalized spacial score (nSPS) is 11.2. The number of ether oxygens (including phenoxy) is 1. The van der Waals surface area contributed by atoms with E-state index in [9.17, 15) is 13.2 Å². The maximum Gasteiger partial charge on any atom is 0.268 e. The number of nitrogens with zero attached hydrogens (tertiary/aromatic N) is 1. The van der Waals surface area contributed by atoms with E-state index in [1.165, 1.54) is 13.2 Å². The molecular formula is C18H22N2O4S. The second-order valence-electron chi connectivity index (χ2n) is 5.98. The van der Waals surface area contributed by atoms with Crippen LogP contribution in [0.15, 0.2) is 41.3 Å². The number of rotatable bonds is 6. The number of methoxy groups -OCH3 is 1. The largest absolute Gasteiger partial charge is 0.495 e. The van der Waals surface area contributed by atoms with E-state index in [2.05, 4.69) is 0 Å². The molecule has 0 fully saturated rings. The Morgan fingerprint density at radius 2 is 1.64 bits per heavy atom. The Labute approximate surface area is 148 Å². The van der Waals surface area contributed by atoms with Crippen LogP contribution in [-0.2, 0) is 14.8 Å². The van der Waals surface area contributed by atoms with E-state index in [1.54, 1.807) is 31.2 Å². The summed E-state index contributed by atoms with van der Waals surface area (Å²) in [6.45, 7) is 5.05. The molecule has 0 saturated carbocycles. The molecule has 2 aromatic rings. The predicted octanol–water partition coefficient (Wildman–Crippen LogP) is 2.30. The van der Waals surface area contributed by atoms with Crippen molar-refractivity contribution in [2.24, 2.45) is 5.73 Å². The minimum absolute atomic E-state index is 0.00425. The molecule has 0 unspecified atom stereocenters. The fourth-order valence-corrected chi connectivity index (χ4v) is 4.31. The van der Waals surface area contributed by atoms with Crippen molar-refractivity contribution in [1.82, 2.24) is 0 Å². The molecule has 0 radical (unpaired) electrons. The van der Waals surface area contributed by atoms with Gasteiger partial charge < -0.3 is 10.5 Å². The Kier molecular flexibility index (Phi) is 5.37. The highest BCUT2D eigenvalue weighted by molar-refractivity contribution is 7.93. The molecule has 0 aliphatic rings. The standard InChI is InChI=1S/C18H22N2O4S/c1-12-5-6-16(24-4)17(10-12)25(22,23)20(11-18(19)21)15-8-13(2)7-14(3)9-15/h5-10H,11H2,1-4H3,(H2,19,21). The van der Waals surface area contributed by atoms with Crippen molar-refractivity contribution in [3.05, 3.63) is 53.1 Å². The average molecular weight is 362 g/mol. The van der Waals surface area contributed by atoms with Gasteiger partial charge in [-0.1, -0.05) is 12.1 Å². The third-order valence-electron chi connectivity index (χ3n) is 3.68. The van der Waals surface area contributed by atoms with Gasteiger partial charge in [0.15, 0.2) is 0 Å². The third-order valence-corrected chi connectivity index (χ3v) is 5.48. The molecule has 2 aromatic carbocycles. The summed E-state index contributed by atoms with van der Waals surface area (Å²) in [6, 6.07) is 10.2. The van der Waals surface area contributed by atoms with Gasteiger partial charge in [-0.25, -0.2) is 8.42 Å². The Morgan fingerprint density at radius 3 is 2.16 bits per heavy atom. The smallest absolute Gasteiger partial charge is 0.268 e. The van der Waals surface area contributed by atoms with Gasteiger partial charge in [-0.05, 0) is 61.7 Å². The van der Waals surface area contributed by atoms with E-state index in [0.29, 0.717) is 5.69 Å². The van der Waals surface area contributed by atoms with E-state index >= 15 is 0 Å². The first-order valence-corrected chi connectivity index (χ1v) is 9.13. The molecule has 0 atom stereocenters. The number of hydrogen-bond acceptors (Lipinski definition) is 4. The Hall–Kier alpha value is -2.54. The highest BCUT2D eigenvalue weighted by Gasteiger charge is 2.29. The molecule has 1 amide bonds. The quantitative estimate of drug-likeness (QED) is 0.854. The average Bonchev–Trinajstić information content (AvgIpc) is 2.51. The summed E-state index contributed by atoms with van der Waals surface area (Å²) < 4.78 is 32.7. The van der Waals surface area contributed by atoms with Gasteiger partial charge in [-0.3, -0.25) is 9.10 Å². The molecule has 25 heavy (non-hydrogen) atoms. The van der Waals surface area contributed by atoms with Gasteiger partial charge in [0.1, 0.15) is 17.2 Å². The number of aryl methyl sites for hydroxylation is 3. The maximum absolute atomic E-state index is 13.3. The van der Waals surface area contributed by atoms with Crippen LogP contribution in [-0.4, -0.2) is 28.0 Å². The molecule has 0 saturated heterocycles. The van der Waals surface area contributed by atoms with E-state index in [1.807, 2.05) is 19.9 Å². The first-order valence-electron chi connectivity index (χ1n) is 7.69. The molecule has 2 rings (SSSR count). The summed E-state index contributed by atoms with van der Waals surface area (Å²) in [5, 5.41) is 0. The molecule has 0 aliphatic carbocycles. The third kappa shape index (κ3) is 4.11. The minimum atomic E-state index is -4.04. The number of hydrogen-bond donors (Lipinski definition) is 1. The summed E-state index contributed by atoms with van der Waals surface area (Å²) in [6.07, 6.45) is 0. The van der Waals surface area contributed by atoms with Gasteiger partial charge in [-0.2, -0.15) is 0 Å². The highest BCUT2D eigenvalue weighted by atomic mass is 32.2. The molecule has 7 heteroatoms. The van der Waals surface area contributed by atoms with Gasteiger partial charge in [0.2, 0.25) is 5.91 Å². The zero-order valence-electron chi connectivity index (χ0n) is 14.7. The van der Waals surface area contributed by atoms with Crippen molar-refractivity contribution < 1.29 is 17.9 Å². The van der Waals surface area contributed by atoms with Gasteiger partial charge in [0, 0.05) is 0 Å². The van der Waals surface area contributed by atoms with Crippen LogP contribution < -0.4 is 14.8 Å². The number of anilines is 1. The zero-order valence-corrected chi connectivity index (χ0v) is 15.6. The lowest BCUT2D eigenvalue weighted by molar-refractivity contribution is -0.116. The van der Waals surface area contributed by atoms with Crippen molar-refractivity contribution in [3.63, 3.8) is 0 Å². The minimum Gasteiger partial charge on any atom is -0.495 e. The second kappa shape index (κ2) is 7.14. The van der Waals surface area contributed by atoms with Crippen molar-refractivity contribution in [2.45, 2.75) is 25.7 Å². The number of sulfonamides is 1.